The van der Waals surface area contributed by atoms with Gasteiger partial charge in [-0.15, -0.1) is 12.4 Å². The number of halogens is 1. The number of piperidine rings is 1. The van der Waals surface area contributed by atoms with Gasteiger partial charge in [-0.1, -0.05) is 13.8 Å². The van der Waals surface area contributed by atoms with E-state index in [0.717, 1.165) is 0 Å². The molecule has 0 saturated carbocycles. The molecule has 0 aromatic heterocycles. The highest BCUT2D eigenvalue weighted by molar-refractivity contribution is 7.89. The summed E-state index contributed by atoms with van der Waals surface area (Å²) in [5, 5.41) is 0. The van der Waals surface area contributed by atoms with Gasteiger partial charge in [0.15, 0.2) is 0 Å². The predicted octanol–water partition coefficient (Wildman–Crippen LogP) is 0.323. The first-order chi connectivity index (χ1) is 8.89. The predicted molar refractivity (Wildman–Crippen MR) is 82.3 cm³/mol. The summed E-state index contributed by atoms with van der Waals surface area (Å²) in [6.45, 7) is 5.21. The van der Waals surface area contributed by atoms with Crippen LogP contribution in [0.1, 0.15) is 33.1 Å². The summed E-state index contributed by atoms with van der Waals surface area (Å²) < 4.78 is 26.0. The van der Waals surface area contributed by atoms with E-state index in [2.05, 4.69) is 4.72 Å². The van der Waals surface area contributed by atoms with Crippen LogP contribution in [0.15, 0.2) is 0 Å². The van der Waals surface area contributed by atoms with Crippen molar-refractivity contribution in [2.75, 3.05) is 25.4 Å². The molecule has 8 heteroatoms. The monoisotopic (exact) mass is 327 g/mol. The van der Waals surface area contributed by atoms with Crippen LogP contribution in [0.5, 0.6) is 0 Å². The van der Waals surface area contributed by atoms with E-state index in [1.165, 1.54) is 0 Å². The Bertz CT molecular complexity index is 395. The Kier molecular flexibility index (Phi) is 8.65. The van der Waals surface area contributed by atoms with E-state index in [1.54, 1.807) is 4.90 Å². The lowest BCUT2D eigenvalue weighted by molar-refractivity contribution is -0.135. The van der Waals surface area contributed by atoms with Gasteiger partial charge in [0, 0.05) is 31.6 Å². The number of hydrogen-bond donors (Lipinski definition) is 2. The van der Waals surface area contributed by atoms with Crippen LogP contribution in [0.3, 0.4) is 0 Å². The molecule has 1 unspecified atom stereocenters. The molecule has 0 aliphatic carbocycles. The highest BCUT2D eigenvalue weighted by Crippen LogP contribution is 2.14. The second-order valence-corrected chi connectivity index (χ2v) is 7.05. The lowest BCUT2D eigenvalue weighted by Crippen LogP contribution is -2.48. The summed E-state index contributed by atoms with van der Waals surface area (Å²) in [4.78, 5) is 13.7. The molecule has 0 aromatic rings. The number of carbonyl (C=O) groups excluding carboxylic acids is 1. The normalized spacial score (nSPS) is 18.4. The highest BCUT2D eigenvalue weighted by Gasteiger charge is 2.27. The minimum atomic E-state index is -3.16. The number of amides is 1. The molecule has 1 heterocycles. The molecule has 20 heavy (non-hydrogen) atoms. The largest absolute Gasteiger partial charge is 0.342 e. The Hall–Kier alpha value is -0.370. The second kappa shape index (κ2) is 8.81. The van der Waals surface area contributed by atoms with E-state index in [9.17, 15) is 13.2 Å². The number of nitrogens with one attached hydrogen (secondary N) is 1. The fraction of sp³-hybridized carbons (Fsp3) is 0.917. The molecule has 1 aliphatic heterocycles. The molecule has 1 fully saturated rings. The molecular weight excluding hydrogens is 302 g/mol. The fourth-order valence-corrected chi connectivity index (χ4v) is 3.61. The van der Waals surface area contributed by atoms with Crippen molar-refractivity contribution in [1.82, 2.24) is 9.62 Å². The van der Waals surface area contributed by atoms with Gasteiger partial charge in [0.1, 0.15) is 0 Å². The van der Waals surface area contributed by atoms with Crippen LogP contribution in [0.2, 0.25) is 0 Å². The van der Waals surface area contributed by atoms with Crippen molar-refractivity contribution in [3.63, 3.8) is 0 Å². The van der Waals surface area contributed by atoms with Crippen molar-refractivity contribution >= 4 is 28.3 Å². The SMILES string of the molecule is CCCS(=O)(=O)NC1CCN(C(=O)C(C)CN)CC1.Cl. The molecule has 0 radical (unpaired) electrons. The van der Waals surface area contributed by atoms with E-state index in [0.29, 0.717) is 38.9 Å². The van der Waals surface area contributed by atoms with Crippen LogP contribution >= 0.6 is 12.4 Å². The van der Waals surface area contributed by atoms with Crippen LogP contribution in [-0.4, -0.2) is 50.7 Å². The standard InChI is InChI=1S/C12H25N3O3S.ClH/c1-3-8-19(17,18)14-11-4-6-15(7-5-11)12(16)10(2)9-13;/h10-11,14H,3-9,13H2,1-2H3;1H. The smallest absolute Gasteiger partial charge is 0.226 e. The van der Waals surface area contributed by atoms with Crippen molar-refractivity contribution < 1.29 is 13.2 Å². The molecule has 0 spiro atoms. The zero-order chi connectivity index (χ0) is 14.5. The zero-order valence-corrected chi connectivity index (χ0v) is 13.8. The number of rotatable bonds is 6. The molecule has 1 saturated heterocycles. The van der Waals surface area contributed by atoms with E-state index in [-0.39, 0.29) is 36.0 Å². The summed E-state index contributed by atoms with van der Waals surface area (Å²) in [5.74, 6) is 0.0711. The molecule has 3 N–H and O–H groups in total. The molecule has 6 nitrogen and oxygen atoms in total. The van der Waals surface area contributed by atoms with Gasteiger partial charge in [-0.2, -0.15) is 0 Å². The first kappa shape index (κ1) is 19.6. The number of hydrogen-bond acceptors (Lipinski definition) is 4. The average Bonchev–Trinajstić information content (AvgIpc) is 2.37. The van der Waals surface area contributed by atoms with E-state index < -0.39 is 10.0 Å². The summed E-state index contributed by atoms with van der Waals surface area (Å²) in [5.41, 5.74) is 5.48. The van der Waals surface area contributed by atoms with Crippen molar-refractivity contribution in [3.05, 3.63) is 0 Å². The maximum absolute atomic E-state index is 11.9. The summed E-state index contributed by atoms with van der Waals surface area (Å²) in [6.07, 6.45) is 1.96. The van der Waals surface area contributed by atoms with E-state index >= 15 is 0 Å². The minimum Gasteiger partial charge on any atom is -0.342 e. The number of nitrogens with two attached hydrogens (primary N) is 1. The first-order valence-electron chi connectivity index (χ1n) is 6.88. The topological polar surface area (TPSA) is 92.5 Å². The molecule has 1 aliphatic rings. The van der Waals surface area contributed by atoms with Gasteiger partial charge >= 0.3 is 0 Å². The van der Waals surface area contributed by atoms with Gasteiger partial charge < -0.3 is 10.6 Å². The molecule has 1 atom stereocenters. The van der Waals surface area contributed by atoms with Crippen molar-refractivity contribution in [2.45, 2.75) is 39.2 Å². The zero-order valence-electron chi connectivity index (χ0n) is 12.2. The number of likely N-dealkylation sites (tertiary alicyclic amines) is 1. The second-order valence-electron chi connectivity index (χ2n) is 5.17. The maximum atomic E-state index is 11.9. The lowest BCUT2D eigenvalue weighted by Gasteiger charge is -2.33. The van der Waals surface area contributed by atoms with Gasteiger partial charge in [0.25, 0.3) is 0 Å². The fourth-order valence-electron chi connectivity index (χ4n) is 2.21. The Morgan fingerprint density at radius 3 is 2.40 bits per heavy atom. The Labute approximate surface area is 127 Å². The number of carbonyl (C=O) groups is 1. The number of sulfonamides is 1. The Morgan fingerprint density at radius 2 is 1.95 bits per heavy atom. The highest BCUT2D eigenvalue weighted by atomic mass is 35.5. The van der Waals surface area contributed by atoms with Crippen LogP contribution in [-0.2, 0) is 14.8 Å². The third kappa shape index (κ3) is 5.95. The Morgan fingerprint density at radius 1 is 1.40 bits per heavy atom. The Balaban J connectivity index is 0.00000361. The molecule has 1 rings (SSSR count). The molecular formula is C12H26ClN3O3S. The van der Waals surface area contributed by atoms with E-state index in [4.69, 9.17) is 5.73 Å². The van der Waals surface area contributed by atoms with Gasteiger partial charge in [-0.3, -0.25) is 4.79 Å². The third-order valence-electron chi connectivity index (χ3n) is 3.40. The molecule has 0 bridgehead atoms. The van der Waals surface area contributed by atoms with Gasteiger partial charge in [0.2, 0.25) is 15.9 Å². The van der Waals surface area contributed by atoms with Crippen LogP contribution in [0.25, 0.3) is 0 Å². The van der Waals surface area contributed by atoms with Crippen molar-refractivity contribution in [3.8, 4) is 0 Å². The maximum Gasteiger partial charge on any atom is 0.226 e. The molecule has 0 aromatic carbocycles. The van der Waals surface area contributed by atoms with Gasteiger partial charge in [-0.05, 0) is 19.3 Å². The van der Waals surface area contributed by atoms with Crippen molar-refractivity contribution in [2.24, 2.45) is 11.7 Å². The average molecular weight is 328 g/mol. The summed E-state index contributed by atoms with van der Waals surface area (Å²) in [6, 6.07) is -0.0474. The number of nitrogens with zero attached hydrogens (tertiary/aromatic N) is 1. The van der Waals surface area contributed by atoms with Gasteiger partial charge in [-0.25, -0.2) is 13.1 Å². The first-order valence-corrected chi connectivity index (χ1v) is 8.53. The van der Waals surface area contributed by atoms with Crippen LogP contribution in [0.4, 0.5) is 0 Å². The summed E-state index contributed by atoms with van der Waals surface area (Å²) in [7, 11) is -3.16. The minimum absolute atomic E-state index is 0. The molecule has 1 amide bonds. The van der Waals surface area contributed by atoms with Crippen molar-refractivity contribution in [1.29, 1.82) is 0 Å². The molecule has 120 valence electrons. The third-order valence-corrected chi connectivity index (χ3v) is 5.04. The van der Waals surface area contributed by atoms with E-state index in [1.807, 2.05) is 13.8 Å². The van der Waals surface area contributed by atoms with Crippen LogP contribution < -0.4 is 10.5 Å². The summed E-state index contributed by atoms with van der Waals surface area (Å²) >= 11 is 0. The van der Waals surface area contributed by atoms with Gasteiger partial charge in [0.05, 0.1) is 5.75 Å². The lowest BCUT2D eigenvalue weighted by atomic mass is 10.0. The van der Waals surface area contributed by atoms with Crippen LogP contribution in [0, 0.1) is 5.92 Å². The quantitative estimate of drug-likeness (QED) is 0.735.